The molecule has 4 unspecified atom stereocenters. The van der Waals surface area contributed by atoms with Gasteiger partial charge in [-0.3, -0.25) is 4.79 Å². The molecule has 13 nitrogen and oxygen atoms in total. The van der Waals surface area contributed by atoms with Gasteiger partial charge in [0.25, 0.3) is 0 Å². The molecule has 1 saturated carbocycles. The standard InChI is InChI=1S/C24H33N5O2.C4H6O6/c1-27(2)23(31)28-16-19-12-24(13-20(19)17-28,11-18-7-4-3-5-8-18)26-15-22(30)29-10-6-9-21(29)14-25;5-1(3(7)8)2(6)4(9)10/h3-5,7-8,19-21,26H,6,9-13,15-17H2,1-2H3;1-2,5-6H,(H,7,8)(H,9,10)/t19?,20?,21-,24?;/m0./s1. The van der Waals surface area contributed by atoms with Gasteiger partial charge >= 0.3 is 18.0 Å². The first-order valence-corrected chi connectivity index (χ1v) is 13.6. The number of carbonyl (C=O) groups is 4. The van der Waals surface area contributed by atoms with E-state index in [1.165, 1.54) is 5.56 Å². The molecule has 2 aliphatic heterocycles. The second-order valence-corrected chi connectivity index (χ2v) is 11.2. The summed E-state index contributed by atoms with van der Waals surface area (Å²) in [5.74, 6) is -2.61. The maximum atomic E-state index is 12.9. The number of carboxylic acids is 2. The second kappa shape index (κ2) is 13.8. The van der Waals surface area contributed by atoms with Crippen molar-refractivity contribution in [2.45, 2.75) is 55.9 Å². The Morgan fingerprint density at radius 2 is 1.61 bits per heavy atom. The Morgan fingerprint density at radius 1 is 1.05 bits per heavy atom. The zero-order valence-electron chi connectivity index (χ0n) is 23.3. The fourth-order valence-electron chi connectivity index (χ4n) is 6.10. The number of hydrogen-bond acceptors (Lipinski definition) is 8. The Balaban J connectivity index is 0.000000397. The van der Waals surface area contributed by atoms with E-state index in [1.807, 2.05) is 11.0 Å². The Morgan fingerprint density at radius 3 is 2.10 bits per heavy atom. The molecule has 0 aromatic heterocycles. The van der Waals surface area contributed by atoms with Crippen LogP contribution in [0.4, 0.5) is 4.79 Å². The van der Waals surface area contributed by atoms with Crippen LogP contribution in [-0.4, -0.2) is 123 Å². The predicted molar refractivity (Wildman–Crippen MR) is 145 cm³/mol. The van der Waals surface area contributed by atoms with Gasteiger partial charge in [0.15, 0.2) is 12.2 Å². The summed E-state index contributed by atoms with van der Waals surface area (Å²) in [5.41, 5.74) is 1.11. The maximum Gasteiger partial charge on any atom is 0.335 e. The van der Waals surface area contributed by atoms with E-state index in [4.69, 9.17) is 20.4 Å². The molecule has 5 atom stereocenters. The molecule has 41 heavy (non-hydrogen) atoms. The van der Waals surface area contributed by atoms with E-state index in [0.29, 0.717) is 18.4 Å². The van der Waals surface area contributed by atoms with Crippen molar-refractivity contribution in [2.24, 2.45) is 11.8 Å². The van der Waals surface area contributed by atoms with E-state index >= 15 is 0 Å². The van der Waals surface area contributed by atoms with E-state index in [-0.39, 0.29) is 30.1 Å². The van der Waals surface area contributed by atoms with Gasteiger partial charge in [-0.25, -0.2) is 14.4 Å². The first-order valence-electron chi connectivity index (χ1n) is 13.6. The van der Waals surface area contributed by atoms with Crippen LogP contribution in [0.5, 0.6) is 0 Å². The van der Waals surface area contributed by atoms with Crippen molar-refractivity contribution >= 4 is 23.9 Å². The summed E-state index contributed by atoms with van der Waals surface area (Å²) >= 11 is 0. The molecule has 0 bridgehead atoms. The molecule has 2 saturated heterocycles. The van der Waals surface area contributed by atoms with Crippen molar-refractivity contribution < 1.29 is 39.6 Å². The molecule has 5 N–H and O–H groups in total. The molecule has 1 aromatic carbocycles. The normalized spacial score (nSPS) is 26.3. The van der Waals surface area contributed by atoms with Gasteiger partial charge < -0.3 is 40.4 Å². The number of carboxylic acid groups (broad SMARTS) is 2. The van der Waals surface area contributed by atoms with Crippen LogP contribution in [0.15, 0.2) is 30.3 Å². The molecule has 4 rings (SSSR count). The third-order valence-electron chi connectivity index (χ3n) is 8.06. The SMILES string of the molecule is CN(C)C(=O)N1CC2CC(Cc3ccccc3)(NCC(=O)N3CCC[C@H]3C#N)CC2C1.O=C(O)C(O)C(O)C(=O)O. The van der Waals surface area contributed by atoms with E-state index in [1.54, 1.807) is 23.9 Å². The summed E-state index contributed by atoms with van der Waals surface area (Å²) in [6.07, 6.45) is -0.0689. The molecule has 2 heterocycles. The number of nitrogens with one attached hydrogen (secondary N) is 1. The van der Waals surface area contributed by atoms with Crippen LogP contribution in [0, 0.1) is 23.2 Å². The lowest BCUT2D eigenvalue weighted by Crippen LogP contribution is -2.51. The zero-order valence-corrected chi connectivity index (χ0v) is 23.3. The number of urea groups is 1. The minimum absolute atomic E-state index is 0.0259. The number of aliphatic carboxylic acids is 2. The van der Waals surface area contributed by atoms with Crippen molar-refractivity contribution in [3.05, 3.63) is 35.9 Å². The first-order chi connectivity index (χ1) is 19.4. The lowest BCUT2D eigenvalue weighted by atomic mass is 9.87. The number of likely N-dealkylation sites (tertiary alicyclic amines) is 2. The number of nitrogens with zero attached hydrogens (tertiary/aromatic N) is 4. The Bertz CT molecular complexity index is 1110. The Kier molecular flexibility index (Phi) is 10.7. The fourth-order valence-corrected chi connectivity index (χ4v) is 6.10. The smallest absolute Gasteiger partial charge is 0.335 e. The van der Waals surface area contributed by atoms with Crippen LogP contribution in [0.2, 0.25) is 0 Å². The van der Waals surface area contributed by atoms with E-state index < -0.39 is 24.1 Å². The average molecular weight is 574 g/mol. The van der Waals surface area contributed by atoms with Crippen LogP contribution in [-0.2, 0) is 20.8 Å². The number of carbonyl (C=O) groups excluding carboxylic acids is 2. The van der Waals surface area contributed by atoms with E-state index in [9.17, 15) is 24.4 Å². The van der Waals surface area contributed by atoms with Crippen LogP contribution in [0.1, 0.15) is 31.2 Å². The quantitative estimate of drug-likeness (QED) is 0.282. The molecule has 13 heteroatoms. The van der Waals surface area contributed by atoms with Gasteiger partial charge in [-0.2, -0.15) is 5.26 Å². The number of aliphatic hydroxyl groups is 2. The second-order valence-electron chi connectivity index (χ2n) is 11.2. The summed E-state index contributed by atoms with van der Waals surface area (Å²) < 4.78 is 0. The van der Waals surface area contributed by atoms with Gasteiger partial charge in [-0.15, -0.1) is 0 Å². The minimum atomic E-state index is -2.27. The summed E-state index contributed by atoms with van der Waals surface area (Å²) in [7, 11) is 3.60. The summed E-state index contributed by atoms with van der Waals surface area (Å²) in [4.78, 5) is 50.2. The van der Waals surface area contributed by atoms with Crippen LogP contribution >= 0.6 is 0 Å². The largest absolute Gasteiger partial charge is 0.479 e. The molecule has 3 amide bonds. The van der Waals surface area contributed by atoms with Crippen LogP contribution < -0.4 is 5.32 Å². The van der Waals surface area contributed by atoms with Gasteiger partial charge in [0.05, 0.1) is 12.6 Å². The summed E-state index contributed by atoms with van der Waals surface area (Å²) in [5, 5.41) is 45.5. The van der Waals surface area contributed by atoms with Gasteiger partial charge in [0.1, 0.15) is 6.04 Å². The van der Waals surface area contributed by atoms with Gasteiger partial charge in [-0.05, 0) is 49.5 Å². The average Bonchev–Trinajstić information content (AvgIpc) is 3.65. The van der Waals surface area contributed by atoms with Crippen molar-refractivity contribution in [2.75, 3.05) is 40.3 Å². The first kappa shape index (κ1) is 31.8. The summed E-state index contributed by atoms with van der Waals surface area (Å²) in [6.45, 7) is 2.52. The molecule has 0 spiro atoms. The van der Waals surface area contributed by atoms with Crippen molar-refractivity contribution in [1.82, 2.24) is 20.0 Å². The third kappa shape index (κ3) is 7.93. The maximum absolute atomic E-state index is 12.9. The lowest BCUT2D eigenvalue weighted by Gasteiger charge is -2.34. The van der Waals surface area contributed by atoms with Crippen molar-refractivity contribution in [1.29, 1.82) is 5.26 Å². The Hall–Kier alpha value is -3.73. The highest BCUT2D eigenvalue weighted by Gasteiger charge is 2.50. The minimum Gasteiger partial charge on any atom is -0.479 e. The highest BCUT2D eigenvalue weighted by Crippen LogP contribution is 2.45. The van der Waals surface area contributed by atoms with Crippen molar-refractivity contribution in [3.63, 3.8) is 0 Å². The van der Waals surface area contributed by atoms with Gasteiger partial charge in [0.2, 0.25) is 5.91 Å². The molecular formula is C28H39N5O8. The molecule has 3 aliphatic rings. The zero-order chi connectivity index (χ0) is 30.3. The molecular weight excluding hydrogens is 534 g/mol. The highest BCUT2D eigenvalue weighted by atomic mass is 16.4. The van der Waals surface area contributed by atoms with Gasteiger partial charge in [0, 0.05) is 39.3 Å². The highest BCUT2D eigenvalue weighted by molar-refractivity contribution is 5.83. The van der Waals surface area contributed by atoms with Gasteiger partial charge in [-0.1, -0.05) is 30.3 Å². The number of fused-ring (bicyclic) bond motifs is 1. The van der Waals surface area contributed by atoms with Crippen LogP contribution in [0.3, 0.4) is 0 Å². The number of rotatable bonds is 8. The number of amides is 3. The fraction of sp³-hybridized carbons (Fsp3) is 0.607. The van der Waals surface area contributed by atoms with E-state index in [2.05, 4.69) is 35.7 Å². The Labute approximate surface area is 238 Å². The van der Waals surface area contributed by atoms with Crippen LogP contribution in [0.25, 0.3) is 0 Å². The number of aliphatic hydroxyl groups excluding tert-OH is 2. The number of nitriles is 1. The predicted octanol–water partition coefficient (Wildman–Crippen LogP) is -0.0271. The number of hydrogen-bond donors (Lipinski definition) is 5. The topological polar surface area (TPSA) is 195 Å². The summed E-state index contributed by atoms with van der Waals surface area (Å²) in [6, 6.07) is 12.5. The van der Waals surface area contributed by atoms with Crippen molar-refractivity contribution in [3.8, 4) is 6.07 Å². The molecule has 224 valence electrons. The number of benzene rings is 1. The van der Waals surface area contributed by atoms with E-state index in [0.717, 1.165) is 45.2 Å². The molecule has 3 fully saturated rings. The molecule has 0 radical (unpaired) electrons. The molecule has 1 aromatic rings. The third-order valence-corrected chi connectivity index (χ3v) is 8.06. The monoisotopic (exact) mass is 573 g/mol. The lowest BCUT2D eigenvalue weighted by molar-refractivity contribution is -0.165. The molecule has 1 aliphatic carbocycles.